The summed E-state index contributed by atoms with van der Waals surface area (Å²) >= 11 is 6.11. The van der Waals surface area contributed by atoms with Gasteiger partial charge in [0.05, 0.1) is 17.3 Å². The minimum Gasteiger partial charge on any atom is -0.326 e. The van der Waals surface area contributed by atoms with Crippen LogP contribution in [0.2, 0.25) is 5.02 Å². The van der Waals surface area contributed by atoms with Gasteiger partial charge in [-0.25, -0.2) is 0 Å². The van der Waals surface area contributed by atoms with Crippen molar-refractivity contribution in [2.24, 2.45) is 4.99 Å². The number of amides is 2. The van der Waals surface area contributed by atoms with Crippen molar-refractivity contribution < 1.29 is 9.59 Å². The van der Waals surface area contributed by atoms with Crippen LogP contribution in [0.15, 0.2) is 47.5 Å². The van der Waals surface area contributed by atoms with E-state index in [1.165, 1.54) is 5.56 Å². The number of halogens is 1. The van der Waals surface area contributed by atoms with Crippen molar-refractivity contribution in [2.45, 2.75) is 32.4 Å². The molecule has 156 valence electrons. The van der Waals surface area contributed by atoms with Crippen LogP contribution >= 0.6 is 11.6 Å². The predicted octanol–water partition coefficient (Wildman–Crippen LogP) is 3.31. The topological polar surface area (TPSA) is 73.8 Å². The smallest absolute Gasteiger partial charge is 0.272 e. The summed E-state index contributed by atoms with van der Waals surface area (Å²) in [6.07, 6.45) is 1.35. The lowest BCUT2D eigenvalue weighted by Crippen LogP contribution is -2.52. The maximum atomic E-state index is 12.6. The van der Waals surface area contributed by atoms with Gasteiger partial charge < -0.3 is 10.6 Å². The highest BCUT2D eigenvalue weighted by atomic mass is 35.5. The van der Waals surface area contributed by atoms with E-state index in [1.807, 2.05) is 37.3 Å². The number of nitrogens with one attached hydrogen (secondary N) is 2. The van der Waals surface area contributed by atoms with Gasteiger partial charge in [0.2, 0.25) is 5.91 Å². The lowest BCUT2D eigenvalue weighted by molar-refractivity contribution is -0.119. The summed E-state index contributed by atoms with van der Waals surface area (Å²) in [6, 6.07) is 13.2. The van der Waals surface area contributed by atoms with E-state index in [4.69, 9.17) is 16.6 Å². The summed E-state index contributed by atoms with van der Waals surface area (Å²) < 4.78 is 0. The van der Waals surface area contributed by atoms with Crippen LogP contribution in [0.4, 0.5) is 5.69 Å². The fourth-order valence-electron chi connectivity index (χ4n) is 3.92. The van der Waals surface area contributed by atoms with Gasteiger partial charge >= 0.3 is 0 Å². The van der Waals surface area contributed by atoms with Crippen molar-refractivity contribution in [3.8, 4) is 0 Å². The molecule has 2 aromatic rings. The van der Waals surface area contributed by atoms with Gasteiger partial charge in [0.1, 0.15) is 11.4 Å². The number of aryl methyl sites for hydroxylation is 2. The summed E-state index contributed by atoms with van der Waals surface area (Å²) in [6.45, 7) is 5.73. The van der Waals surface area contributed by atoms with E-state index < -0.39 is 5.66 Å². The summed E-state index contributed by atoms with van der Waals surface area (Å²) in [7, 11) is 0. The molecule has 0 aromatic heterocycles. The molecular formula is C23H25ClN4O2. The van der Waals surface area contributed by atoms with Gasteiger partial charge in [0.15, 0.2) is 0 Å². The molecule has 0 atom stereocenters. The molecule has 0 saturated carbocycles. The van der Waals surface area contributed by atoms with Crippen LogP contribution in [0.25, 0.3) is 0 Å². The van der Waals surface area contributed by atoms with E-state index in [0.29, 0.717) is 42.4 Å². The van der Waals surface area contributed by atoms with Crippen LogP contribution in [-0.2, 0) is 9.59 Å². The van der Waals surface area contributed by atoms with Gasteiger partial charge in [-0.15, -0.1) is 0 Å². The molecule has 2 heterocycles. The fraction of sp³-hybridized carbons (Fsp3) is 0.348. The highest BCUT2D eigenvalue weighted by Gasteiger charge is 2.42. The summed E-state index contributed by atoms with van der Waals surface area (Å²) in [4.78, 5) is 31.9. The van der Waals surface area contributed by atoms with Crippen molar-refractivity contribution in [2.75, 3.05) is 25.0 Å². The van der Waals surface area contributed by atoms with E-state index in [1.54, 1.807) is 12.1 Å². The first-order chi connectivity index (χ1) is 14.3. The van der Waals surface area contributed by atoms with Crippen molar-refractivity contribution in [3.63, 3.8) is 0 Å². The number of likely N-dealkylation sites (tertiary alicyclic amines) is 1. The lowest BCUT2D eigenvalue weighted by Gasteiger charge is -2.36. The van der Waals surface area contributed by atoms with Crippen LogP contribution in [0.1, 0.15) is 29.5 Å². The third-order valence-electron chi connectivity index (χ3n) is 5.87. The van der Waals surface area contributed by atoms with Crippen LogP contribution in [0, 0.1) is 13.8 Å². The zero-order valence-corrected chi connectivity index (χ0v) is 17.9. The molecule has 0 unspecified atom stereocenters. The molecule has 2 aliphatic heterocycles. The molecule has 0 aliphatic carbocycles. The Kier molecular flexibility index (Phi) is 5.62. The van der Waals surface area contributed by atoms with Gasteiger partial charge in [-0.1, -0.05) is 35.9 Å². The Morgan fingerprint density at radius 3 is 2.60 bits per heavy atom. The Morgan fingerprint density at radius 2 is 1.90 bits per heavy atom. The fourth-order valence-corrected chi connectivity index (χ4v) is 4.10. The van der Waals surface area contributed by atoms with E-state index >= 15 is 0 Å². The van der Waals surface area contributed by atoms with Crippen molar-refractivity contribution >= 4 is 34.8 Å². The first kappa shape index (κ1) is 20.6. The minimum atomic E-state index is -0.569. The molecular weight excluding hydrogens is 400 g/mol. The SMILES string of the molecule is Cc1ccc(C2=NC3(CCN(CC(=O)Nc4ccccc4Cl)CC3)NC2=O)cc1C. The third-order valence-corrected chi connectivity index (χ3v) is 6.20. The van der Waals surface area contributed by atoms with Crippen molar-refractivity contribution in [1.29, 1.82) is 0 Å². The molecule has 7 heteroatoms. The molecule has 2 N–H and O–H groups in total. The maximum absolute atomic E-state index is 12.6. The monoisotopic (exact) mass is 424 g/mol. The van der Waals surface area contributed by atoms with Crippen LogP contribution < -0.4 is 10.6 Å². The number of piperidine rings is 1. The van der Waals surface area contributed by atoms with Gasteiger partial charge in [-0.3, -0.25) is 19.5 Å². The van der Waals surface area contributed by atoms with Gasteiger partial charge in [-0.2, -0.15) is 0 Å². The van der Waals surface area contributed by atoms with E-state index in [9.17, 15) is 9.59 Å². The Hall–Kier alpha value is -2.70. The second kappa shape index (κ2) is 8.20. The molecule has 4 rings (SSSR count). The molecule has 6 nitrogen and oxygen atoms in total. The zero-order valence-electron chi connectivity index (χ0n) is 17.2. The van der Waals surface area contributed by atoms with E-state index in [2.05, 4.69) is 22.5 Å². The summed E-state index contributed by atoms with van der Waals surface area (Å²) in [5.74, 6) is -0.225. The quantitative estimate of drug-likeness (QED) is 0.790. The second-order valence-electron chi connectivity index (χ2n) is 8.05. The average Bonchev–Trinajstić information content (AvgIpc) is 3.04. The zero-order chi connectivity index (χ0) is 21.3. The van der Waals surface area contributed by atoms with Gasteiger partial charge in [0, 0.05) is 31.5 Å². The predicted molar refractivity (Wildman–Crippen MR) is 119 cm³/mol. The Morgan fingerprint density at radius 1 is 1.17 bits per heavy atom. The summed E-state index contributed by atoms with van der Waals surface area (Å²) in [5.41, 5.74) is 3.74. The number of rotatable bonds is 4. The number of nitrogens with zero attached hydrogens (tertiary/aromatic N) is 2. The number of aliphatic imine (C=N–C) groups is 1. The Labute approximate surface area is 181 Å². The maximum Gasteiger partial charge on any atom is 0.272 e. The number of carbonyl (C=O) groups excluding carboxylic acids is 2. The molecule has 2 aliphatic rings. The minimum absolute atomic E-state index is 0.103. The molecule has 1 saturated heterocycles. The Balaban J connectivity index is 1.38. The third kappa shape index (κ3) is 4.25. The number of para-hydroxylation sites is 1. The number of benzene rings is 2. The highest BCUT2D eigenvalue weighted by molar-refractivity contribution is 6.46. The number of carbonyl (C=O) groups is 2. The van der Waals surface area contributed by atoms with Crippen LogP contribution in [0.5, 0.6) is 0 Å². The number of anilines is 1. The first-order valence-electron chi connectivity index (χ1n) is 10.1. The molecule has 30 heavy (non-hydrogen) atoms. The first-order valence-corrected chi connectivity index (χ1v) is 10.5. The highest BCUT2D eigenvalue weighted by Crippen LogP contribution is 2.29. The number of hydrogen-bond donors (Lipinski definition) is 2. The normalized spacial score (nSPS) is 18.2. The molecule has 0 radical (unpaired) electrons. The molecule has 2 amide bonds. The van der Waals surface area contributed by atoms with Gasteiger partial charge in [-0.05, 0) is 43.2 Å². The van der Waals surface area contributed by atoms with E-state index in [0.717, 1.165) is 11.1 Å². The van der Waals surface area contributed by atoms with E-state index in [-0.39, 0.29) is 18.4 Å². The van der Waals surface area contributed by atoms with Crippen LogP contribution in [-0.4, -0.2) is 47.7 Å². The largest absolute Gasteiger partial charge is 0.326 e. The lowest BCUT2D eigenvalue weighted by atomic mass is 9.98. The average molecular weight is 425 g/mol. The summed E-state index contributed by atoms with van der Waals surface area (Å²) in [5, 5.41) is 6.46. The van der Waals surface area contributed by atoms with Crippen molar-refractivity contribution in [1.82, 2.24) is 10.2 Å². The second-order valence-corrected chi connectivity index (χ2v) is 8.46. The standard InChI is InChI=1S/C23H25ClN4O2/c1-15-7-8-17(13-16(15)2)21-22(30)27-23(26-21)9-11-28(12-10-23)14-20(29)25-19-6-4-3-5-18(19)24/h3-8,13H,9-12,14H2,1-2H3,(H,25,29)(H,27,30). The van der Waals surface area contributed by atoms with Crippen molar-refractivity contribution in [3.05, 3.63) is 64.2 Å². The van der Waals surface area contributed by atoms with Gasteiger partial charge in [0.25, 0.3) is 5.91 Å². The molecule has 0 bridgehead atoms. The molecule has 2 aromatic carbocycles. The van der Waals surface area contributed by atoms with Crippen LogP contribution in [0.3, 0.4) is 0 Å². The molecule has 1 fully saturated rings. The Bertz CT molecular complexity index is 1030. The number of hydrogen-bond acceptors (Lipinski definition) is 4. The molecule has 1 spiro atoms.